The molecule has 0 radical (unpaired) electrons. The molecule has 0 heterocycles. The minimum absolute atomic E-state index is 0.00988. The fourth-order valence-electron chi connectivity index (χ4n) is 0.620. The second-order valence-corrected chi connectivity index (χ2v) is 6.05. The summed E-state index contributed by atoms with van der Waals surface area (Å²) in [6.07, 6.45) is 0. The third-order valence-corrected chi connectivity index (χ3v) is 4.93. The predicted octanol–water partition coefficient (Wildman–Crippen LogP) is 2.13. The maximum absolute atomic E-state index is 3.42. The van der Waals surface area contributed by atoms with Crippen LogP contribution in [0.25, 0.3) is 0 Å². The minimum Gasteiger partial charge on any atom is -0.291 e. The second kappa shape index (κ2) is 4.15. The molecule has 0 spiro atoms. The van der Waals surface area contributed by atoms with Crippen molar-refractivity contribution in [1.82, 2.24) is 0 Å². The zero-order chi connectivity index (χ0) is 6.69. The van der Waals surface area contributed by atoms with E-state index in [4.69, 9.17) is 0 Å². The normalized spacial score (nSPS) is 8.67. The molecule has 1 aromatic carbocycles. The van der Waals surface area contributed by atoms with Crippen LogP contribution in [0, 0.1) is 0 Å². The van der Waals surface area contributed by atoms with Crippen molar-refractivity contribution < 1.29 is 0 Å². The Hall–Kier alpha value is 1.20. The third kappa shape index (κ3) is 2.73. The smallest absolute Gasteiger partial charge is 0.291 e. The van der Waals surface area contributed by atoms with E-state index in [-0.39, 0.29) is 16.5 Å². The van der Waals surface area contributed by atoms with Crippen molar-refractivity contribution in [3.8, 4) is 0 Å². The van der Waals surface area contributed by atoms with Crippen LogP contribution in [-0.4, -0.2) is 16.5 Å². The Morgan fingerprint density at radius 2 is 2.22 bits per heavy atom. The molecule has 0 N–H and O–H groups in total. The van der Waals surface area contributed by atoms with Crippen LogP contribution in [0.15, 0.2) is 28.7 Å². The van der Waals surface area contributed by atoms with E-state index in [1.54, 1.807) is 0 Å². The maximum Gasteiger partial charge on any atom is 0.502 e. The molecule has 1 rings (SSSR count). The highest BCUT2D eigenvalue weighted by Gasteiger charge is 1.92. The summed E-state index contributed by atoms with van der Waals surface area (Å²) >= 11 is 5.92. The molecule has 3 heteroatoms. The van der Waals surface area contributed by atoms with Gasteiger partial charge in [0.1, 0.15) is 0 Å². The number of halogens is 2. The van der Waals surface area contributed by atoms with Crippen molar-refractivity contribution in [1.29, 1.82) is 0 Å². The SMILES string of the molecule is Brc1ccc[c]([Mg][I])c1. The van der Waals surface area contributed by atoms with Gasteiger partial charge in [-0.2, -0.15) is 3.69 Å². The van der Waals surface area contributed by atoms with Gasteiger partial charge in [-0.25, -0.2) is 0 Å². The summed E-state index contributed by atoms with van der Waals surface area (Å²) in [5, 5.41) is 0. The van der Waals surface area contributed by atoms with E-state index in [0.717, 1.165) is 0 Å². The highest BCUT2D eigenvalue weighted by atomic mass is 127. The predicted molar refractivity (Wildman–Crippen MR) is 53.6 cm³/mol. The van der Waals surface area contributed by atoms with E-state index in [9.17, 15) is 0 Å². The second-order valence-electron chi connectivity index (χ2n) is 1.76. The summed E-state index contributed by atoms with van der Waals surface area (Å²) in [5.74, 6) is 0. The summed E-state index contributed by atoms with van der Waals surface area (Å²) in [7, 11) is 0. The van der Waals surface area contributed by atoms with Gasteiger partial charge in [-0.3, -0.25) is 18.9 Å². The fourth-order valence-corrected chi connectivity index (χ4v) is 3.31. The summed E-state index contributed by atoms with van der Waals surface area (Å²) in [4.78, 5) is 0. The topological polar surface area (TPSA) is 0 Å². The first-order valence-electron chi connectivity index (χ1n) is 2.63. The van der Waals surface area contributed by atoms with Crippen molar-refractivity contribution in [2.45, 2.75) is 0 Å². The Morgan fingerprint density at radius 1 is 1.44 bits per heavy atom. The molecule has 0 fully saturated rings. The van der Waals surface area contributed by atoms with Crippen LogP contribution in [0.3, 0.4) is 0 Å². The number of hydrogen-bond donors (Lipinski definition) is 0. The zero-order valence-corrected chi connectivity index (χ0v) is 9.93. The lowest BCUT2D eigenvalue weighted by molar-refractivity contribution is 1.70. The molecule has 0 aliphatic rings. The summed E-state index contributed by atoms with van der Waals surface area (Å²) < 4.78 is 2.70. The average molecular weight is 307 g/mol. The highest BCUT2D eigenvalue weighted by Crippen LogP contribution is 2.04. The van der Waals surface area contributed by atoms with Crippen molar-refractivity contribution in [3.63, 3.8) is 0 Å². The molecule has 0 nitrogen and oxygen atoms in total. The quantitative estimate of drug-likeness (QED) is 0.551. The van der Waals surface area contributed by atoms with E-state index < -0.39 is 0 Å². The molecule has 0 saturated heterocycles. The van der Waals surface area contributed by atoms with Crippen LogP contribution in [0.4, 0.5) is 0 Å². The maximum atomic E-state index is 3.42. The number of rotatable bonds is 1. The monoisotopic (exact) mass is 306 g/mol. The molecular formula is C6H4BrIMg. The molecule has 9 heavy (non-hydrogen) atoms. The lowest BCUT2D eigenvalue weighted by Gasteiger charge is -1.92. The van der Waals surface area contributed by atoms with Crippen LogP contribution >= 0.6 is 34.8 Å². The van der Waals surface area contributed by atoms with Gasteiger partial charge >= 0.3 is 16.5 Å². The molecule has 0 saturated carbocycles. The van der Waals surface area contributed by atoms with Crippen molar-refractivity contribution in [2.24, 2.45) is 0 Å². The van der Waals surface area contributed by atoms with Gasteiger partial charge < -0.3 is 0 Å². The lowest BCUT2D eigenvalue weighted by Crippen LogP contribution is -2.05. The Labute approximate surface area is 82.6 Å². The van der Waals surface area contributed by atoms with Gasteiger partial charge in [-0.05, 0) is 6.07 Å². The molecule has 0 atom stereocenters. The Morgan fingerprint density at radius 3 is 2.67 bits per heavy atom. The number of benzene rings is 1. The molecule has 0 amide bonds. The average Bonchev–Trinajstić information content (AvgIpc) is 1.88. The van der Waals surface area contributed by atoms with E-state index in [0.29, 0.717) is 0 Å². The van der Waals surface area contributed by atoms with Crippen molar-refractivity contribution in [2.75, 3.05) is 0 Å². The van der Waals surface area contributed by atoms with Gasteiger partial charge in [0.15, 0.2) is 0 Å². The highest BCUT2D eigenvalue weighted by molar-refractivity contribution is 14.1. The first-order valence-corrected chi connectivity index (χ1v) is 9.24. The number of hydrogen-bond acceptors (Lipinski definition) is 0. The largest absolute Gasteiger partial charge is 0.502 e. The van der Waals surface area contributed by atoms with Crippen molar-refractivity contribution >= 4 is 55.0 Å². The van der Waals surface area contributed by atoms with Gasteiger partial charge in [-0.15, -0.1) is 0 Å². The zero-order valence-electron chi connectivity index (χ0n) is 4.77. The van der Waals surface area contributed by atoms with Crippen LogP contribution in [-0.2, 0) is 0 Å². The standard InChI is InChI=1S/C6H4Br.HI.Mg/c7-6-4-2-1-3-5-6;;/h1-2,4-5H;1H;/q;;+1/p-1. The molecule has 0 aliphatic heterocycles. The summed E-state index contributed by atoms with van der Waals surface area (Å²) in [6.45, 7) is 0. The summed E-state index contributed by atoms with van der Waals surface area (Å²) in [6, 6.07) is 8.53. The Kier molecular flexibility index (Phi) is 3.83. The molecule has 44 valence electrons. The van der Waals surface area contributed by atoms with Gasteiger partial charge in [0.2, 0.25) is 0 Å². The first-order chi connectivity index (χ1) is 4.33. The Bertz CT molecular complexity index is 202. The molecule has 0 aromatic heterocycles. The minimum atomic E-state index is 0.00988. The van der Waals surface area contributed by atoms with E-state index >= 15 is 0 Å². The molecular weight excluding hydrogens is 303 g/mol. The molecule has 0 aliphatic carbocycles. The van der Waals surface area contributed by atoms with Crippen LogP contribution < -0.4 is 3.69 Å². The van der Waals surface area contributed by atoms with E-state index in [2.05, 4.69) is 59.0 Å². The van der Waals surface area contributed by atoms with Gasteiger partial charge in [0.05, 0.1) is 0 Å². The summed E-state index contributed by atoms with van der Waals surface area (Å²) in [5.41, 5.74) is 0. The Balaban J connectivity index is 2.94. The first kappa shape index (κ1) is 8.29. The van der Waals surface area contributed by atoms with E-state index in [1.807, 2.05) is 0 Å². The molecule has 1 aromatic rings. The third-order valence-electron chi connectivity index (χ3n) is 1.04. The van der Waals surface area contributed by atoms with E-state index in [1.165, 1.54) is 8.17 Å². The van der Waals surface area contributed by atoms with Gasteiger partial charge in [-0.1, -0.05) is 34.1 Å². The lowest BCUT2D eigenvalue weighted by atomic mass is 10.4. The van der Waals surface area contributed by atoms with Crippen LogP contribution in [0.5, 0.6) is 0 Å². The van der Waals surface area contributed by atoms with Gasteiger partial charge in [0, 0.05) is 4.47 Å². The van der Waals surface area contributed by atoms with Crippen molar-refractivity contribution in [3.05, 3.63) is 28.7 Å². The fraction of sp³-hybridized carbons (Fsp3) is 0. The van der Waals surface area contributed by atoms with Crippen LogP contribution in [0.2, 0.25) is 0 Å². The van der Waals surface area contributed by atoms with Crippen LogP contribution in [0.1, 0.15) is 0 Å². The van der Waals surface area contributed by atoms with Gasteiger partial charge in [0.25, 0.3) is 0 Å². The molecule has 0 bridgehead atoms. The molecule has 0 unspecified atom stereocenters.